The average Bonchev–Trinajstić information content (AvgIpc) is 2.34. The van der Waals surface area contributed by atoms with Gasteiger partial charge in [0.05, 0.1) is 0 Å². The summed E-state index contributed by atoms with van der Waals surface area (Å²) >= 11 is 0. The topological polar surface area (TPSA) is 76.0 Å². The third kappa shape index (κ3) is 2.26. The third-order valence-corrected chi connectivity index (χ3v) is 2.64. The summed E-state index contributed by atoms with van der Waals surface area (Å²) in [5, 5.41) is 18.7. The molecule has 1 aliphatic heterocycles. The molecule has 2 N–H and O–H groups in total. The number of carbonyl (C=O) groups is 1. The monoisotopic (exact) mass is 246 g/mol. The number of rotatable bonds is 3. The fraction of sp³-hybridized carbons (Fsp3) is 0.250. The molecule has 1 aliphatic rings. The number of benzene rings is 1. The summed E-state index contributed by atoms with van der Waals surface area (Å²) in [6, 6.07) is 3.28. The van der Waals surface area contributed by atoms with E-state index in [2.05, 4.69) is 5.92 Å². The normalized spacial score (nSPS) is 13.2. The molecular formula is C12H11BO5. The number of fused-ring (bicyclic) bond motifs is 1. The van der Waals surface area contributed by atoms with Gasteiger partial charge in [-0.05, 0) is 24.4 Å². The summed E-state index contributed by atoms with van der Waals surface area (Å²) in [6.07, 6.45) is 6.07. The molecule has 0 fully saturated rings. The van der Waals surface area contributed by atoms with Crippen LogP contribution in [0.4, 0.5) is 0 Å². The number of hydrogen-bond donors (Lipinski definition) is 2. The molecule has 0 unspecified atom stereocenters. The number of carboxylic acids is 1. The van der Waals surface area contributed by atoms with E-state index in [-0.39, 0.29) is 23.7 Å². The molecule has 2 rings (SSSR count). The molecule has 0 spiro atoms. The molecule has 0 amide bonds. The molecule has 0 aromatic heterocycles. The predicted octanol–water partition coefficient (Wildman–Crippen LogP) is 0.812. The van der Waals surface area contributed by atoms with Crippen LogP contribution in [0.25, 0.3) is 0 Å². The summed E-state index contributed by atoms with van der Waals surface area (Å²) in [4.78, 5) is 11.3. The van der Waals surface area contributed by atoms with Crippen molar-refractivity contribution in [3.8, 4) is 23.8 Å². The summed E-state index contributed by atoms with van der Waals surface area (Å²) < 4.78 is 10.4. The van der Waals surface area contributed by atoms with Gasteiger partial charge in [-0.15, -0.1) is 6.42 Å². The van der Waals surface area contributed by atoms with Gasteiger partial charge in [0.2, 0.25) is 0 Å². The van der Waals surface area contributed by atoms with Crippen molar-refractivity contribution in [3.63, 3.8) is 0 Å². The first-order valence-electron chi connectivity index (χ1n) is 5.43. The Balaban J connectivity index is 2.47. The van der Waals surface area contributed by atoms with Gasteiger partial charge in [0.25, 0.3) is 0 Å². The molecule has 0 bridgehead atoms. The predicted molar refractivity (Wildman–Crippen MR) is 64.8 cm³/mol. The molecule has 0 radical (unpaired) electrons. The van der Waals surface area contributed by atoms with Crippen molar-refractivity contribution >= 4 is 13.1 Å². The number of carboxylic acid groups (broad SMARTS) is 1. The molecule has 5 nitrogen and oxygen atoms in total. The van der Waals surface area contributed by atoms with E-state index < -0.39 is 13.1 Å². The van der Waals surface area contributed by atoms with Crippen molar-refractivity contribution in [3.05, 3.63) is 23.3 Å². The van der Waals surface area contributed by atoms with Gasteiger partial charge in [0.15, 0.2) is 0 Å². The molecule has 1 aromatic rings. The zero-order chi connectivity index (χ0) is 13.1. The minimum absolute atomic E-state index is 0.0262. The molecule has 92 valence electrons. The van der Waals surface area contributed by atoms with Gasteiger partial charge in [-0.25, -0.2) is 4.79 Å². The van der Waals surface area contributed by atoms with Gasteiger partial charge in [-0.3, -0.25) is 0 Å². The Morgan fingerprint density at radius 2 is 2.39 bits per heavy atom. The quantitative estimate of drug-likeness (QED) is 0.609. The van der Waals surface area contributed by atoms with Crippen molar-refractivity contribution < 1.29 is 24.3 Å². The molecule has 0 aliphatic carbocycles. The molecule has 18 heavy (non-hydrogen) atoms. The van der Waals surface area contributed by atoms with Crippen LogP contribution in [-0.2, 0) is 6.42 Å². The van der Waals surface area contributed by atoms with Crippen LogP contribution in [0.5, 0.6) is 11.5 Å². The second-order valence-corrected chi connectivity index (χ2v) is 3.84. The third-order valence-electron chi connectivity index (χ3n) is 2.64. The Morgan fingerprint density at radius 3 is 3.06 bits per heavy atom. The largest absolute Gasteiger partial charge is 0.535 e. The zero-order valence-corrected chi connectivity index (χ0v) is 9.55. The van der Waals surface area contributed by atoms with E-state index in [4.69, 9.17) is 15.8 Å². The summed E-state index contributed by atoms with van der Waals surface area (Å²) in [7, 11) is -0.988. The van der Waals surface area contributed by atoms with E-state index in [1.54, 1.807) is 12.1 Å². The van der Waals surface area contributed by atoms with Gasteiger partial charge in [0, 0.05) is 0 Å². The number of terminal acetylenes is 1. The molecule has 0 saturated heterocycles. The van der Waals surface area contributed by atoms with Crippen molar-refractivity contribution in [1.29, 1.82) is 0 Å². The highest BCUT2D eigenvalue weighted by Crippen LogP contribution is 2.36. The van der Waals surface area contributed by atoms with Crippen molar-refractivity contribution in [2.45, 2.75) is 12.7 Å². The fourth-order valence-electron chi connectivity index (χ4n) is 1.86. The number of aryl methyl sites for hydroxylation is 1. The van der Waals surface area contributed by atoms with E-state index >= 15 is 0 Å². The first-order chi connectivity index (χ1) is 8.63. The van der Waals surface area contributed by atoms with E-state index in [9.17, 15) is 14.9 Å². The number of aromatic carboxylic acids is 1. The first kappa shape index (κ1) is 12.3. The van der Waals surface area contributed by atoms with Gasteiger partial charge in [0.1, 0.15) is 23.7 Å². The van der Waals surface area contributed by atoms with Gasteiger partial charge >= 0.3 is 13.1 Å². The lowest BCUT2D eigenvalue weighted by Crippen LogP contribution is -2.28. The van der Waals surface area contributed by atoms with E-state index in [0.717, 1.165) is 5.56 Å². The highest BCUT2D eigenvalue weighted by Gasteiger charge is 2.29. The van der Waals surface area contributed by atoms with Gasteiger partial charge in [-0.2, -0.15) is 0 Å². The minimum Gasteiger partial charge on any atom is -0.535 e. The standard InChI is InChI=1S/C12H11BO5/c1-2-7-17-9-4-3-8-5-6-13(16)18-11(8)10(9)12(14)15/h1,3-4,16H,5-7H2,(H,14,15). The van der Waals surface area contributed by atoms with Crippen LogP contribution in [0.3, 0.4) is 0 Å². The van der Waals surface area contributed by atoms with Gasteiger partial charge in [-0.1, -0.05) is 12.0 Å². The number of ether oxygens (including phenoxy) is 1. The van der Waals surface area contributed by atoms with Crippen molar-refractivity contribution in [1.82, 2.24) is 0 Å². The Labute approximate surface area is 104 Å². The first-order valence-corrected chi connectivity index (χ1v) is 5.43. The van der Waals surface area contributed by atoms with E-state index in [1.807, 2.05) is 0 Å². The van der Waals surface area contributed by atoms with Crippen LogP contribution < -0.4 is 9.39 Å². The molecule has 1 heterocycles. The Morgan fingerprint density at radius 1 is 1.61 bits per heavy atom. The lowest BCUT2D eigenvalue weighted by molar-refractivity contribution is 0.0690. The summed E-state index contributed by atoms with van der Waals surface area (Å²) in [6.45, 7) is -0.0262. The van der Waals surface area contributed by atoms with Crippen LogP contribution >= 0.6 is 0 Å². The van der Waals surface area contributed by atoms with Crippen LogP contribution in [0.2, 0.25) is 6.32 Å². The highest BCUT2D eigenvalue weighted by molar-refractivity contribution is 6.44. The average molecular weight is 246 g/mol. The molecule has 6 heteroatoms. The van der Waals surface area contributed by atoms with Crippen molar-refractivity contribution in [2.24, 2.45) is 0 Å². The maximum absolute atomic E-state index is 11.3. The molecule has 1 aromatic carbocycles. The van der Waals surface area contributed by atoms with Crippen LogP contribution in [0, 0.1) is 12.3 Å². The Hall–Kier alpha value is -2.13. The lowest BCUT2D eigenvalue weighted by Gasteiger charge is -2.22. The molecule has 0 atom stereocenters. The smallest absolute Gasteiger partial charge is 0.522 e. The minimum atomic E-state index is -1.17. The van der Waals surface area contributed by atoms with Crippen molar-refractivity contribution in [2.75, 3.05) is 6.61 Å². The number of hydrogen-bond acceptors (Lipinski definition) is 4. The fourth-order valence-corrected chi connectivity index (χ4v) is 1.86. The zero-order valence-electron chi connectivity index (χ0n) is 9.55. The van der Waals surface area contributed by atoms with Gasteiger partial charge < -0.3 is 19.5 Å². The summed E-state index contributed by atoms with van der Waals surface area (Å²) in [5.74, 6) is 1.40. The molecule has 0 saturated carbocycles. The maximum atomic E-state index is 11.3. The van der Waals surface area contributed by atoms with E-state index in [1.165, 1.54) is 0 Å². The highest BCUT2D eigenvalue weighted by atomic mass is 16.5. The van der Waals surface area contributed by atoms with E-state index in [0.29, 0.717) is 12.7 Å². The maximum Gasteiger partial charge on any atom is 0.522 e. The second kappa shape index (κ2) is 5.02. The van der Waals surface area contributed by atoms with Crippen LogP contribution in [0.1, 0.15) is 15.9 Å². The summed E-state index contributed by atoms with van der Waals surface area (Å²) in [5.41, 5.74) is 0.646. The SMILES string of the molecule is C#CCOc1ccc2c(c1C(=O)O)OB(O)CC2. The molecular weight excluding hydrogens is 235 g/mol. The second-order valence-electron chi connectivity index (χ2n) is 3.84. The Bertz CT molecular complexity index is 520. The van der Waals surface area contributed by atoms with Crippen LogP contribution in [0.15, 0.2) is 12.1 Å². The van der Waals surface area contributed by atoms with Crippen LogP contribution in [-0.4, -0.2) is 29.8 Å². The Kier molecular flexibility index (Phi) is 3.44. The lowest BCUT2D eigenvalue weighted by atomic mass is 9.78.